The van der Waals surface area contributed by atoms with Gasteiger partial charge in [-0.05, 0) is 25.0 Å². The van der Waals surface area contributed by atoms with Gasteiger partial charge in [0.05, 0.1) is 14.2 Å². The number of methoxy groups -OCH3 is 2. The summed E-state index contributed by atoms with van der Waals surface area (Å²) < 4.78 is 15.7. The van der Waals surface area contributed by atoms with E-state index in [1.54, 1.807) is 12.1 Å². The maximum absolute atomic E-state index is 12.1. The smallest absolute Gasteiger partial charge is 0.324 e. The molecule has 1 aliphatic rings. The third-order valence-electron chi connectivity index (χ3n) is 3.86. The van der Waals surface area contributed by atoms with Crippen LogP contribution in [0.15, 0.2) is 18.2 Å². The number of rotatable bonds is 7. The molecule has 8 nitrogen and oxygen atoms in total. The monoisotopic (exact) mass is 350 g/mol. The zero-order chi connectivity index (χ0) is 18.4. The minimum absolute atomic E-state index is 0.0767. The van der Waals surface area contributed by atoms with E-state index in [0.29, 0.717) is 24.5 Å². The Hall–Kier alpha value is -2.77. The quantitative estimate of drug-likeness (QED) is 0.741. The molecule has 3 amide bonds. The van der Waals surface area contributed by atoms with Gasteiger partial charge in [-0.25, -0.2) is 4.79 Å². The molecule has 0 unspecified atom stereocenters. The maximum Gasteiger partial charge on any atom is 0.324 e. The van der Waals surface area contributed by atoms with Crippen molar-refractivity contribution in [3.63, 3.8) is 0 Å². The molecule has 1 aliphatic heterocycles. The molecule has 1 atom stereocenters. The number of hydrogen-bond acceptors (Lipinski definition) is 6. The topological polar surface area (TPSA) is 94.2 Å². The van der Waals surface area contributed by atoms with Gasteiger partial charge in [0, 0.05) is 19.5 Å². The standard InChI is InChI=1S/C17H22N2O6/c1-11(16(21)19-10-9-18-17(19)22)25-14(20)8-7-12-5-4-6-13(23-2)15(12)24-3/h4-6,11H,7-10H2,1-3H3,(H,18,22)/t11-/m1/s1. The average molecular weight is 350 g/mol. The van der Waals surface area contributed by atoms with Crippen LogP contribution < -0.4 is 14.8 Å². The molecule has 0 bridgehead atoms. The molecule has 1 aromatic rings. The molecule has 1 aromatic carbocycles. The summed E-state index contributed by atoms with van der Waals surface area (Å²) in [6.45, 7) is 2.14. The van der Waals surface area contributed by atoms with Crippen molar-refractivity contribution in [2.75, 3.05) is 27.3 Å². The van der Waals surface area contributed by atoms with Crippen molar-refractivity contribution in [3.8, 4) is 11.5 Å². The van der Waals surface area contributed by atoms with E-state index in [9.17, 15) is 14.4 Å². The largest absolute Gasteiger partial charge is 0.493 e. The van der Waals surface area contributed by atoms with Crippen molar-refractivity contribution >= 4 is 17.9 Å². The predicted molar refractivity (Wildman–Crippen MR) is 88.5 cm³/mol. The highest BCUT2D eigenvalue weighted by Gasteiger charge is 2.31. The second-order valence-electron chi connectivity index (χ2n) is 5.51. The molecular weight excluding hydrogens is 328 g/mol. The molecule has 1 N–H and O–H groups in total. The Labute approximate surface area is 146 Å². The van der Waals surface area contributed by atoms with Gasteiger partial charge in [-0.1, -0.05) is 12.1 Å². The number of hydrogen-bond donors (Lipinski definition) is 1. The van der Waals surface area contributed by atoms with Crippen LogP contribution in [0.1, 0.15) is 18.9 Å². The minimum Gasteiger partial charge on any atom is -0.493 e. The number of nitrogens with zero attached hydrogens (tertiary/aromatic N) is 1. The van der Waals surface area contributed by atoms with Crippen molar-refractivity contribution in [1.82, 2.24) is 10.2 Å². The van der Waals surface area contributed by atoms with Crippen molar-refractivity contribution in [3.05, 3.63) is 23.8 Å². The summed E-state index contributed by atoms with van der Waals surface area (Å²) in [7, 11) is 3.07. The molecule has 136 valence electrons. The molecule has 0 spiro atoms. The maximum atomic E-state index is 12.1. The van der Waals surface area contributed by atoms with Crippen LogP contribution in [0.4, 0.5) is 4.79 Å². The van der Waals surface area contributed by atoms with Gasteiger partial charge in [0.2, 0.25) is 0 Å². The van der Waals surface area contributed by atoms with Crippen LogP contribution in [0.3, 0.4) is 0 Å². The number of ether oxygens (including phenoxy) is 3. The van der Waals surface area contributed by atoms with E-state index in [4.69, 9.17) is 14.2 Å². The Kier molecular flexibility index (Phi) is 6.21. The number of esters is 1. The molecule has 1 heterocycles. The zero-order valence-electron chi connectivity index (χ0n) is 14.5. The Morgan fingerprint density at radius 1 is 1.28 bits per heavy atom. The van der Waals surface area contributed by atoms with Gasteiger partial charge < -0.3 is 19.5 Å². The fourth-order valence-corrected chi connectivity index (χ4v) is 2.60. The second-order valence-corrected chi connectivity index (χ2v) is 5.51. The first-order chi connectivity index (χ1) is 12.0. The van der Waals surface area contributed by atoms with E-state index in [0.717, 1.165) is 10.5 Å². The Morgan fingerprint density at radius 3 is 2.64 bits per heavy atom. The number of para-hydroxylation sites is 1. The molecule has 0 saturated carbocycles. The lowest BCUT2D eigenvalue weighted by Gasteiger charge is -2.18. The van der Waals surface area contributed by atoms with E-state index < -0.39 is 24.0 Å². The van der Waals surface area contributed by atoms with Crippen molar-refractivity contribution < 1.29 is 28.6 Å². The molecule has 1 saturated heterocycles. The number of aryl methyl sites for hydroxylation is 1. The molecule has 8 heteroatoms. The SMILES string of the molecule is COc1cccc(CCC(=O)O[C@H](C)C(=O)N2CCNC2=O)c1OC. The van der Waals surface area contributed by atoms with Crippen molar-refractivity contribution in [2.24, 2.45) is 0 Å². The summed E-state index contributed by atoms with van der Waals surface area (Å²) in [6.07, 6.45) is -0.555. The van der Waals surface area contributed by atoms with E-state index in [2.05, 4.69) is 5.32 Å². The highest BCUT2D eigenvalue weighted by atomic mass is 16.5. The van der Waals surface area contributed by atoms with Gasteiger partial charge in [-0.3, -0.25) is 14.5 Å². The van der Waals surface area contributed by atoms with Crippen molar-refractivity contribution in [2.45, 2.75) is 25.9 Å². The first-order valence-corrected chi connectivity index (χ1v) is 7.96. The molecule has 0 radical (unpaired) electrons. The van der Waals surface area contributed by atoms with Crippen LogP contribution in [0.2, 0.25) is 0 Å². The number of amides is 3. The highest BCUT2D eigenvalue weighted by Crippen LogP contribution is 2.31. The number of carbonyl (C=O) groups is 3. The highest BCUT2D eigenvalue weighted by molar-refractivity contribution is 5.98. The summed E-state index contributed by atoms with van der Waals surface area (Å²) in [6, 6.07) is 4.94. The number of nitrogens with one attached hydrogen (secondary N) is 1. The summed E-state index contributed by atoms with van der Waals surface area (Å²) in [5.41, 5.74) is 0.803. The van der Waals surface area contributed by atoms with Crippen LogP contribution in [-0.4, -0.2) is 56.2 Å². The summed E-state index contributed by atoms with van der Waals surface area (Å²) in [4.78, 5) is 36.6. The fourth-order valence-electron chi connectivity index (χ4n) is 2.60. The van der Waals surface area contributed by atoms with Gasteiger partial charge in [0.25, 0.3) is 5.91 Å². The molecule has 1 fully saturated rings. The molecule has 2 rings (SSSR count). The first kappa shape index (κ1) is 18.6. The first-order valence-electron chi connectivity index (χ1n) is 7.96. The van der Waals surface area contributed by atoms with Gasteiger partial charge in [0.15, 0.2) is 17.6 Å². The van der Waals surface area contributed by atoms with Crippen molar-refractivity contribution in [1.29, 1.82) is 0 Å². The number of urea groups is 1. The summed E-state index contributed by atoms with van der Waals surface area (Å²) in [5, 5.41) is 2.53. The zero-order valence-corrected chi connectivity index (χ0v) is 14.5. The molecule has 25 heavy (non-hydrogen) atoms. The number of benzene rings is 1. The van der Waals surface area contributed by atoms with E-state index >= 15 is 0 Å². The third-order valence-corrected chi connectivity index (χ3v) is 3.86. The van der Waals surface area contributed by atoms with Gasteiger partial charge in [-0.15, -0.1) is 0 Å². The van der Waals surface area contributed by atoms with Gasteiger partial charge in [-0.2, -0.15) is 0 Å². The lowest BCUT2D eigenvalue weighted by molar-refractivity contribution is -0.157. The number of imide groups is 1. The normalized spacial score (nSPS) is 14.7. The summed E-state index contributed by atoms with van der Waals surface area (Å²) >= 11 is 0. The third kappa shape index (κ3) is 4.40. The Balaban J connectivity index is 1.90. The van der Waals surface area contributed by atoms with E-state index in [-0.39, 0.29) is 13.0 Å². The number of carbonyl (C=O) groups excluding carboxylic acids is 3. The molecular formula is C17H22N2O6. The Morgan fingerprint density at radius 2 is 2.04 bits per heavy atom. The Bertz CT molecular complexity index is 661. The van der Waals surface area contributed by atoms with E-state index in [1.165, 1.54) is 21.1 Å². The van der Waals surface area contributed by atoms with Crippen LogP contribution >= 0.6 is 0 Å². The van der Waals surface area contributed by atoms with E-state index in [1.807, 2.05) is 6.07 Å². The average Bonchev–Trinajstić information content (AvgIpc) is 3.04. The lowest BCUT2D eigenvalue weighted by atomic mass is 10.1. The predicted octanol–water partition coefficient (Wildman–Crippen LogP) is 1.12. The minimum atomic E-state index is -1.01. The van der Waals surface area contributed by atoms with Crippen LogP contribution in [0.25, 0.3) is 0 Å². The van der Waals surface area contributed by atoms with Gasteiger partial charge >= 0.3 is 12.0 Å². The van der Waals surface area contributed by atoms with Crippen LogP contribution in [0.5, 0.6) is 11.5 Å². The fraction of sp³-hybridized carbons (Fsp3) is 0.471. The second kappa shape index (κ2) is 8.36. The summed E-state index contributed by atoms with van der Waals surface area (Å²) in [5.74, 6) is 0.0975. The van der Waals surface area contributed by atoms with Crippen LogP contribution in [-0.2, 0) is 20.7 Å². The van der Waals surface area contributed by atoms with Gasteiger partial charge in [0.1, 0.15) is 0 Å². The molecule has 0 aromatic heterocycles. The van der Waals surface area contributed by atoms with Crippen LogP contribution in [0, 0.1) is 0 Å². The lowest BCUT2D eigenvalue weighted by Crippen LogP contribution is -2.41. The molecule has 0 aliphatic carbocycles.